The molecular weight excluding hydrogens is 206 g/mol. The molecule has 0 bridgehead atoms. The Labute approximate surface area is 95.7 Å². The van der Waals surface area contributed by atoms with E-state index in [1.165, 1.54) is 5.57 Å². The van der Waals surface area contributed by atoms with E-state index in [2.05, 4.69) is 11.4 Å². The van der Waals surface area contributed by atoms with Crippen LogP contribution in [0, 0.1) is 0 Å². The van der Waals surface area contributed by atoms with E-state index in [-0.39, 0.29) is 11.9 Å². The van der Waals surface area contributed by atoms with Gasteiger partial charge in [0.1, 0.15) is 0 Å². The van der Waals surface area contributed by atoms with Crippen molar-refractivity contribution in [3.63, 3.8) is 0 Å². The summed E-state index contributed by atoms with van der Waals surface area (Å²) in [5.41, 5.74) is 1.23. The summed E-state index contributed by atoms with van der Waals surface area (Å²) in [6, 6.07) is -0.233. The molecule has 1 fully saturated rings. The Bertz CT molecular complexity index is 288. The van der Waals surface area contributed by atoms with Gasteiger partial charge < -0.3 is 15.2 Å². The molecule has 4 heteroatoms. The van der Waals surface area contributed by atoms with E-state index in [1.807, 2.05) is 0 Å². The Balaban J connectivity index is 1.77. The third-order valence-corrected chi connectivity index (χ3v) is 3.19. The average Bonchev–Trinajstić information content (AvgIpc) is 2.74. The topological polar surface area (TPSA) is 58.6 Å². The molecule has 1 aliphatic heterocycles. The van der Waals surface area contributed by atoms with Crippen LogP contribution in [0.15, 0.2) is 11.6 Å². The maximum absolute atomic E-state index is 11.7. The predicted octanol–water partition coefficient (Wildman–Crippen LogP) is 0.753. The van der Waals surface area contributed by atoms with Crippen LogP contribution in [0.5, 0.6) is 0 Å². The van der Waals surface area contributed by atoms with Gasteiger partial charge in [0.15, 0.2) is 0 Å². The molecule has 2 aliphatic rings. The summed E-state index contributed by atoms with van der Waals surface area (Å²) in [6.45, 7) is 1.00. The fourth-order valence-corrected chi connectivity index (χ4v) is 2.23. The molecule has 1 aliphatic carbocycles. The molecular formula is C12H19NO3. The summed E-state index contributed by atoms with van der Waals surface area (Å²) in [7, 11) is 0. The van der Waals surface area contributed by atoms with E-state index in [0.29, 0.717) is 26.1 Å². The van der Waals surface area contributed by atoms with Crippen molar-refractivity contribution in [3.8, 4) is 0 Å². The van der Waals surface area contributed by atoms with Crippen molar-refractivity contribution >= 4 is 5.91 Å². The van der Waals surface area contributed by atoms with Gasteiger partial charge in [0, 0.05) is 13.0 Å². The minimum absolute atomic E-state index is 0.00250. The number of rotatable bonds is 3. The number of hydrogen-bond acceptors (Lipinski definition) is 3. The van der Waals surface area contributed by atoms with E-state index >= 15 is 0 Å². The lowest BCUT2D eigenvalue weighted by Crippen LogP contribution is -2.49. The first-order chi connectivity index (χ1) is 7.75. The van der Waals surface area contributed by atoms with Crippen LogP contribution in [-0.2, 0) is 9.53 Å². The number of amides is 1. The Morgan fingerprint density at radius 2 is 2.50 bits per heavy atom. The second-order valence-corrected chi connectivity index (χ2v) is 4.54. The maximum Gasteiger partial charge on any atom is 0.224 e. The van der Waals surface area contributed by atoms with Crippen LogP contribution in [0.3, 0.4) is 0 Å². The second-order valence-electron chi connectivity index (χ2n) is 4.54. The number of aliphatic hydroxyl groups excluding tert-OH is 1. The lowest BCUT2D eigenvalue weighted by molar-refractivity contribution is -0.124. The first-order valence-corrected chi connectivity index (χ1v) is 5.99. The van der Waals surface area contributed by atoms with Crippen molar-refractivity contribution in [1.29, 1.82) is 0 Å². The molecule has 0 spiro atoms. The van der Waals surface area contributed by atoms with Gasteiger partial charge in [-0.25, -0.2) is 0 Å². The van der Waals surface area contributed by atoms with Crippen LogP contribution in [0.25, 0.3) is 0 Å². The number of nitrogens with one attached hydrogen (secondary N) is 1. The third kappa shape index (κ3) is 3.06. The summed E-state index contributed by atoms with van der Waals surface area (Å²) >= 11 is 0. The van der Waals surface area contributed by atoms with Gasteiger partial charge in [0.2, 0.25) is 5.91 Å². The van der Waals surface area contributed by atoms with E-state index in [9.17, 15) is 9.90 Å². The van der Waals surface area contributed by atoms with Crippen molar-refractivity contribution in [2.24, 2.45) is 0 Å². The molecule has 4 nitrogen and oxygen atoms in total. The smallest absolute Gasteiger partial charge is 0.224 e. The zero-order chi connectivity index (χ0) is 11.4. The van der Waals surface area contributed by atoms with Gasteiger partial charge >= 0.3 is 0 Å². The number of carbonyl (C=O) groups excluding carboxylic acids is 1. The Morgan fingerprint density at radius 3 is 3.19 bits per heavy atom. The van der Waals surface area contributed by atoms with Crippen LogP contribution in [0.1, 0.15) is 32.1 Å². The van der Waals surface area contributed by atoms with Gasteiger partial charge in [0.25, 0.3) is 0 Å². The minimum Gasteiger partial charge on any atom is -0.391 e. The summed E-state index contributed by atoms with van der Waals surface area (Å²) in [5, 5.41) is 12.5. The van der Waals surface area contributed by atoms with E-state index in [1.54, 1.807) is 0 Å². The second kappa shape index (κ2) is 5.46. The normalized spacial score (nSPS) is 29.9. The van der Waals surface area contributed by atoms with Gasteiger partial charge in [-0.2, -0.15) is 0 Å². The summed E-state index contributed by atoms with van der Waals surface area (Å²) in [4.78, 5) is 11.7. The summed E-state index contributed by atoms with van der Waals surface area (Å²) in [6.07, 6.45) is 6.06. The molecule has 2 atom stereocenters. The van der Waals surface area contributed by atoms with Crippen molar-refractivity contribution in [2.75, 3.05) is 13.2 Å². The highest BCUT2D eigenvalue weighted by Crippen LogP contribution is 2.20. The molecule has 2 rings (SSSR count). The van der Waals surface area contributed by atoms with Crippen LogP contribution in [0.4, 0.5) is 0 Å². The first kappa shape index (κ1) is 11.6. The highest BCUT2D eigenvalue weighted by atomic mass is 16.5. The Hall–Kier alpha value is -0.870. The summed E-state index contributed by atoms with van der Waals surface area (Å²) < 4.78 is 5.23. The quantitative estimate of drug-likeness (QED) is 0.697. The van der Waals surface area contributed by atoms with E-state index < -0.39 is 6.10 Å². The molecule has 1 heterocycles. The van der Waals surface area contributed by atoms with Gasteiger partial charge in [-0.15, -0.1) is 0 Å². The van der Waals surface area contributed by atoms with Crippen LogP contribution in [0.2, 0.25) is 0 Å². The van der Waals surface area contributed by atoms with E-state index in [0.717, 1.165) is 19.3 Å². The van der Waals surface area contributed by atoms with Crippen molar-refractivity contribution in [3.05, 3.63) is 11.6 Å². The Kier molecular flexibility index (Phi) is 3.96. The molecule has 2 N–H and O–H groups in total. The molecule has 0 aromatic carbocycles. The van der Waals surface area contributed by atoms with Crippen molar-refractivity contribution < 1.29 is 14.6 Å². The monoisotopic (exact) mass is 225 g/mol. The van der Waals surface area contributed by atoms with Crippen LogP contribution in [-0.4, -0.2) is 36.4 Å². The van der Waals surface area contributed by atoms with Gasteiger partial charge in [0.05, 0.1) is 18.8 Å². The third-order valence-electron chi connectivity index (χ3n) is 3.19. The predicted molar refractivity (Wildman–Crippen MR) is 59.9 cm³/mol. The maximum atomic E-state index is 11.7. The van der Waals surface area contributed by atoms with Gasteiger partial charge in [-0.05, 0) is 25.7 Å². The van der Waals surface area contributed by atoms with Crippen molar-refractivity contribution in [1.82, 2.24) is 5.32 Å². The first-order valence-electron chi connectivity index (χ1n) is 5.99. The fraction of sp³-hybridized carbons (Fsp3) is 0.750. The van der Waals surface area contributed by atoms with Crippen LogP contribution < -0.4 is 5.32 Å². The number of hydrogen-bond donors (Lipinski definition) is 2. The SMILES string of the molecule is O=C(CC1=CCCC1)N[C@@H]1COCC[C@H]1O. The zero-order valence-electron chi connectivity index (χ0n) is 9.45. The lowest BCUT2D eigenvalue weighted by atomic mass is 10.1. The van der Waals surface area contributed by atoms with Gasteiger partial charge in [-0.1, -0.05) is 11.6 Å². The molecule has 90 valence electrons. The average molecular weight is 225 g/mol. The van der Waals surface area contributed by atoms with Gasteiger partial charge in [-0.3, -0.25) is 4.79 Å². The highest BCUT2D eigenvalue weighted by molar-refractivity contribution is 5.79. The van der Waals surface area contributed by atoms with Crippen LogP contribution >= 0.6 is 0 Å². The standard InChI is InChI=1S/C12H19NO3/c14-11-5-6-16-8-10(11)13-12(15)7-9-3-1-2-4-9/h3,10-11,14H,1-2,4-8H2,(H,13,15)/t10-,11-/m1/s1. The molecule has 16 heavy (non-hydrogen) atoms. The number of aliphatic hydroxyl groups is 1. The summed E-state index contributed by atoms with van der Waals surface area (Å²) in [5.74, 6) is 0.00250. The molecule has 0 unspecified atom stereocenters. The fourth-order valence-electron chi connectivity index (χ4n) is 2.23. The molecule has 1 amide bonds. The number of allylic oxidation sites excluding steroid dienone is 1. The highest BCUT2D eigenvalue weighted by Gasteiger charge is 2.25. The number of ether oxygens (including phenoxy) is 1. The Morgan fingerprint density at radius 1 is 1.62 bits per heavy atom. The lowest BCUT2D eigenvalue weighted by Gasteiger charge is -2.28. The number of carbonyl (C=O) groups is 1. The molecule has 0 aromatic rings. The van der Waals surface area contributed by atoms with Crippen molar-refractivity contribution in [2.45, 2.75) is 44.2 Å². The molecule has 0 aromatic heterocycles. The molecule has 0 radical (unpaired) electrons. The van der Waals surface area contributed by atoms with E-state index in [4.69, 9.17) is 4.74 Å². The zero-order valence-corrected chi connectivity index (χ0v) is 9.45. The largest absolute Gasteiger partial charge is 0.391 e. The molecule has 1 saturated heterocycles. The minimum atomic E-state index is -0.463. The molecule has 0 saturated carbocycles.